The first-order valence-corrected chi connectivity index (χ1v) is 12.7. The number of nitrogens with one attached hydrogen (secondary N) is 1. The van der Waals surface area contributed by atoms with E-state index in [9.17, 15) is 9.59 Å². The number of halogens is 1. The van der Waals surface area contributed by atoms with Crippen molar-refractivity contribution in [3.63, 3.8) is 0 Å². The van der Waals surface area contributed by atoms with Crippen molar-refractivity contribution < 1.29 is 19.1 Å². The monoisotopic (exact) mass is 532 g/mol. The van der Waals surface area contributed by atoms with Crippen molar-refractivity contribution in [2.24, 2.45) is 0 Å². The van der Waals surface area contributed by atoms with Crippen molar-refractivity contribution >= 4 is 27.7 Å². The normalized spacial score (nSPS) is 11.7. The Hall–Kier alpha value is -2.54. The lowest BCUT2D eigenvalue weighted by Crippen LogP contribution is -2.50. The van der Waals surface area contributed by atoms with Gasteiger partial charge in [-0.1, -0.05) is 52.3 Å². The van der Waals surface area contributed by atoms with Crippen molar-refractivity contribution in [3.05, 3.63) is 58.1 Å². The van der Waals surface area contributed by atoms with Crippen molar-refractivity contribution in [1.29, 1.82) is 0 Å². The molecule has 0 spiro atoms. The second-order valence-corrected chi connectivity index (χ2v) is 9.43. The molecule has 6 nitrogen and oxygen atoms in total. The van der Waals surface area contributed by atoms with Crippen molar-refractivity contribution in [1.82, 2.24) is 10.2 Å². The lowest BCUT2D eigenvalue weighted by molar-refractivity contribution is -0.143. The fourth-order valence-corrected chi connectivity index (χ4v) is 4.12. The van der Waals surface area contributed by atoms with E-state index in [4.69, 9.17) is 9.47 Å². The molecule has 0 bridgehead atoms. The van der Waals surface area contributed by atoms with E-state index in [1.165, 1.54) is 5.56 Å². The molecule has 0 fully saturated rings. The lowest BCUT2D eigenvalue weighted by atomic mass is 10.0. The Kier molecular flexibility index (Phi) is 11.4. The van der Waals surface area contributed by atoms with Gasteiger partial charge in [0.15, 0.2) is 6.61 Å². The number of hydrogen-bond acceptors (Lipinski definition) is 4. The van der Waals surface area contributed by atoms with Crippen molar-refractivity contribution in [3.8, 4) is 11.5 Å². The quantitative estimate of drug-likeness (QED) is 0.337. The second-order valence-electron chi connectivity index (χ2n) is 8.58. The maximum atomic E-state index is 13.4. The summed E-state index contributed by atoms with van der Waals surface area (Å²) in [6.45, 7) is 8.95. The summed E-state index contributed by atoms with van der Waals surface area (Å²) in [4.78, 5) is 27.9. The van der Waals surface area contributed by atoms with Gasteiger partial charge in [-0.2, -0.15) is 0 Å². The van der Waals surface area contributed by atoms with Crippen LogP contribution in [0.2, 0.25) is 0 Å². The fourth-order valence-electron chi connectivity index (χ4n) is 3.61. The minimum Gasteiger partial charge on any atom is -0.497 e. The molecule has 0 saturated carbocycles. The molecule has 0 radical (unpaired) electrons. The zero-order chi connectivity index (χ0) is 25.1. The predicted octanol–water partition coefficient (Wildman–Crippen LogP) is 5.68. The van der Waals surface area contributed by atoms with Crippen LogP contribution in [0.25, 0.3) is 0 Å². The van der Waals surface area contributed by atoms with Gasteiger partial charge in [0, 0.05) is 13.1 Å². The third-order valence-corrected chi connectivity index (χ3v) is 6.30. The third kappa shape index (κ3) is 8.05. The van der Waals surface area contributed by atoms with Gasteiger partial charge in [-0.3, -0.25) is 9.59 Å². The molecular weight excluding hydrogens is 496 g/mol. The summed E-state index contributed by atoms with van der Waals surface area (Å²) < 4.78 is 12.0. The number of unbranched alkanes of at least 4 members (excludes halogenated alkanes) is 1. The summed E-state index contributed by atoms with van der Waals surface area (Å²) in [5.41, 5.74) is 2.06. The molecule has 2 rings (SSSR count). The van der Waals surface area contributed by atoms with E-state index in [0.29, 0.717) is 30.4 Å². The first-order chi connectivity index (χ1) is 16.3. The molecule has 2 aromatic rings. The molecule has 7 heteroatoms. The Morgan fingerprint density at radius 3 is 2.50 bits per heavy atom. The number of methoxy groups -OCH3 is 1. The number of carbonyl (C=O) groups is 2. The van der Waals surface area contributed by atoms with Crippen molar-refractivity contribution in [2.45, 2.75) is 65.5 Å². The Morgan fingerprint density at radius 2 is 1.88 bits per heavy atom. The summed E-state index contributed by atoms with van der Waals surface area (Å²) in [7, 11) is 1.61. The number of amides is 2. The summed E-state index contributed by atoms with van der Waals surface area (Å²) in [5.74, 6) is 1.30. The molecule has 0 aliphatic carbocycles. The van der Waals surface area contributed by atoms with Crippen LogP contribution < -0.4 is 14.8 Å². The lowest BCUT2D eigenvalue weighted by Gasteiger charge is -2.30. The summed E-state index contributed by atoms with van der Waals surface area (Å²) >= 11 is 3.55. The molecule has 34 heavy (non-hydrogen) atoms. The van der Waals surface area contributed by atoms with Crippen LogP contribution in [0.1, 0.15) is 64.0 Å². The second kappa shape index (κ2) is 14.0. The maximum Gasteiger partial charge on any atom is 0.261 e. The van der Waals surface area contributed by atoms with Gasteiger partial charge in [0.25, 0.3) is 5.91 Å². The standard InChI is InChI=1S/C27H37BrN2O4/c1-6-8-14-29-27(32)24(7-2)30(17-20-10-9-11-22(15-20)33-5)26(31)18-34-25-13-12-21(19(3)4)16-23(25)28/h9-13,15-16,19,24H,6-8,14,17-18H2,1-5H3,(H,29,32)/t24-/m0/s1. The predicted molar refractivity (Wildman–Crippen MR) is 139 cm³/mol. The molecule has 0 unspecified atom stereocenters. The van der Waals surface area contributed by atoms with Gasteiger partial charge in [-0.25, -0.2) is 0 Å². The summed E-state index contributed by atoms with van der Waals surface area (Å²) in [6.07, 6.45) is 2.39. The molecule has 1 N–H and O–H groups in total. The molecule has 0 aliphatic heterocycles. The van der Waals surface area contributed by atoms with Gasteiger partial charge in [-0.15, -0.1) is 0 Å². The number of hydrogen-bond donors (Lipinski definition) is 1. The highest BCUT2D eigenvalue weighted by atomic mass is 79.9. The third-order valence-electron chi connectivity index (χ3n) is 5.68. The molecule has 0 saturated heterocycles. The minimum absolute atomic E-state index is 0.144. The Bertz CT molecular complexity index is 948. The highest BCUT2D eigenvalue weighted by Gasteiger charge is 2.29. The van der Waals surface area contributed by atoms with Gasteiger partial charge in [-0.05, 0) is 70.1 Å². The van der Waals surface area contributed by atoms with Crippen LogP contribution in [0.15, 0.2) is 46.9 Å². The molecule has 0 aromatic heterocycles. The number of ether oxygens (including phenoxy) is 2. The maximum absolute atomic E-state index is 13.4. The fraction of sp³-hybridized carbons (Fsp3) is 0.481. The molecule has 2 aromatic carbocycles. The van der Waals surface area contributed by atoms with E-state index in [-0.39, 0.29) is 25.0 Å². The highest BCUT2D eigenvalue weighted by Crippen LogP contribution is 2.29. The zero-order valence-electron chi connectivity index (χ0n) is 20.9. The van der Waals surface area contributed by atoms with E-state index in [1.54, 1.807) is 12.0 Å². The molecule has 2 amide bonds. The largest absolute Gasteiger partial charge is 0.497 e. The van der Waals surface area contributed by atoms with Crippen LogP contribution in [0.5, 0.6) is 11.5 Å². The number of nitrogens with zero attached hydrogens (tertiary/aromatic N) is 1. The van der Waals surface area contributed by atoms with E-state index in [2.05, 4.69) is 42.0 Å². The van der Waals surface area contributed by atoms with Crippen molar-refractivity contribution in [2.75, 3.05) is 20.3 Å². The average molecular weight is 534 g/mol. The van der Waals surface area contributed by atoms with Crippen LogP contribution in [-0.4, -0.2) is 43.0 Å². The number of benzene rings is 2. The first kappa shape index (κ1) is 27.7. The van der Waals surface area contributed by atoms with E-state index in [0.717, 1.165) is 22.9 Å². The summed E-state index contributed by atoms with van der Waals surface area (Å²) in [5, 5.41) is 2.97. The Morgan fingerprint density at radius 1 is 1.12 bits per heavy atom. The van der Waals surface area contributed by atoms with Crippen LogP contribution in [0.4, 0.5) is 0 Å². The number of carbonyl (C=O) groups excluding carboxylic acids is 2. The van der Waals surface area contributed by atoms with Gasteiger partial charge in [0.2, 0.25) is 5.91 Å². The Balaban J connectivity index is 2.22. The smallest absolute Gasteiger partial charge is 0.261 e. The number of rotatable bonds is 13. The topological polar surface area (TPSA) is 67.9 Å². The van der Waals surface area contributed by atoms with Gasteiger partial charge in [0.05, 0.1) is 11.6 Å². The molecule has 0 heterocycles. The molecule has 1 atom stereocenters. The van der Waals surface area contributed by atoms with E-state index < -0.39 is 6.04 Å². The molecule has 0 aliphatic rings. The Labute approximate surface area is 212 Å². The SMILES string of the molecule is CCCCNC(=O)[C@H](CC)N(Cc1cccc(OC)c1)C(=O)COc1ccc(C(C)C)cc1Br. The summed E-state index contributed by atoms with van der Waals surface area (Å²) in [6, 6.07) is 12.8. The highest BCUT2D eigenvalue weighted by molar-refractivity contribution is 9.10. The van der Waals surface area contributed by atoms with Crippen LogP contribution in [0.3, 0.4) is 0 Å². The first-order valence-electron chi connectivity index (χ1n) is 11.9. The minimum atomic E-state index is -0.592. The van der Waals surface area contributed by atoms with E-state index >= 15 is 0 Å². The van der Waals surface area contributed by atoms with Gasteiger partial charge >= 0.3 is 0 Å². The van der Waals surface area contributed by atoms with Gasteiger partial charge < -0.3 is 19.7 Å². The molecular formula is C27H37BrN2O4. The molecule has 186 valence electrons. The van der Waals surface area contributed by atoms with E-state index in [1.807, 2.05) is 49.4 Å². The zero-order valence-corrected chi connectivity index (χ0v) is 22.5. The van der Waals surface area contributed by atoms with Gasteiger partial charge in [0.1, 0.15) is 17.5 Å². The van der Waals surface area contributed by atoms with Crippen LogP contribution in [-0.2, 0) is 16.1 Å². The van der Waals surface area contributed by atoms with Crippen LogP contribution in [0, 0.1) is 0 Å². The average Bonchev–Trinajstić information content (AvgIpc) is 2.83. The van der Waals surface area contributed by atoms with Crippen LogP contribution >= 0.6 is 15.9 Å².